The van der Waals surface area contributed by atoms with Crippen LogP contribution < -0.4 is 10.6 Å². The van der Waals surface area contributed by atoms with E-state index in [1.165, 1.54) is 6.92 Å². The zero-order chi connectivity index (χ0) is 13.0. The first-order valence-corrected chi connectivity index (χ1v) is 5.63. The van der Waals surface area contributed by atoms with Gasteiger partial charge in [-0.3, -0.25) is 14.6 Å². The van der Waals surface area contributed by atoms with Crippen molar-refractivity contribution in [3.63, 3.8) is 0 Å². The van der Waals surface area contributed by atoms with Gasteiger partial charge >= 0.3 is 0 Å². The minimum atomic E-state index is -0.210. The predicted octanol–water partition coefficient (Wildman–Crippen LogP) is 0.429. The quantitative estimate of drug-likeness (QED) is 0.684. The van der Waals surface area contributed by atoms with Crippen LogP contribution in [0.1, 0.15) is 17.4 Å². The molecular weight excluding hydrogens is 232 g/mol. The SMILES string of the molecule is CC(=O)NCCNC(=O)c1cc2ncccc2[nH]1. The van der Waals surface area contributed by atoms with E-state index in [0.29, 0.717) is 18.8 Å². The standard InChI is InChI=1S/C12H14N4O2/c1-8(17)13-5-6-15-12(18)11-7-10-9(16-11)3-2-4-14-10/h2-4,7,16H,5-6H2,1H3,(H,13,17)(H,15,18). The highest BCUT2D eigenvalue weighted by molar-refractivity contribution is 5.97. The maximum Gasteiger partial charge on any atom is 0.267 e. The summed E-state index contributed by atoms with van der Waals surface area (Å²) in [6.45, 7) is 2.24. The van der Waals surface area contributed by atoms with Crippen LogP contribution in [0.2, 0.25) is 0 Å². The third-order valence-electron chi connectivity index (χ3n) is 2.42. The molecule has 2 aromatic heterocycles. The van der Waals surface area contributed by atoms with Crippen molar-refractivity contribution in [2.24, 2.45) is 0 Å². The molecule has 2 amide bonds. The highest BCUT2D eigenvalue weighted by atomic mass is 16.2. The number of pyridine rings is 1. The first kappa shape index (κ1) is 12.1. The van der Waals surface area contributed by atoms with Gasteiger partial charge in [-0.15, -0.1) is 0 Å². The van der Waals surface area contributed by atoms with E-state index in [1.807, 2.05) is 6.07 Å². The topological polar surface area (TPSA) is 86.9 Å². The molecule has 6 heteroatoms. The Morgan fingerprint density at radius 1 is 1.33 bits per heavy atom. The van der Waals surface area contributed by atoms with Crippen molar-refractivity contribution < 1.29 is 9.59 Å². The first-order valence-electron chi connectivity index (χ1n) is 5.63. The Morgan fingerprint density at radius 2 is 2.11 bits per heavy atom. The van der Waals surface area contributed by atoms with Crippen molar-refractivity contribution >= 4 is 22.8 Å². The summed E-state index contributed by atoms with van der Waals surface area (Å²) in [4.78, 5) is 29.5. The maximum atomic E-state index is 11.8. The van der Waals surface area contributed by atoms with E-state index < -0.39 is 0 Å². The maximum absolute atomic E-state index is 11.8. The molecular formula is C12H14N4O2. The number of nitrogens with one attached hydrogen (secondary N) is 3. The van der Waals surface area contributed by atoms with Crippen molar-refractivity contribution in [1.29, 1.82) is 0 Å². The lowest BCUT2D eigenvalue weighted by Crippen LogP contribution is -2.33. The van der Waals surface area contributed by atoms with Crippen molar-refractivity contribution in [2.45, 2.75) is 6.92 Å². The second-order valence-corrected chi connectivity index (χ2v) is 3.86. The van der Waals surface area contributed by atoms with Gasteiger partial charge in [0.15, 0.2) is 0 Å². The molecule has 2 heterocycles. The summed E-state index contributed by atoms with van der Waals surface area (Å²) in [5.41, 5.74) is 2.04. The third kappa shape index (κ3) is 2.85. The molecule has 0 aliphatic rings. The Balaban J connectivity index is 1.94. The number of H-pyrrole nitrogens is 1. The fourth-order valence-electron chi connectivity index (χ4n) is 1.59. The number of aromatic nitrogens is 2. The molecule has 0 aliphatic heterocycles. The molecule has 2 aromatic rings. The molecule has 2 rings (SSSR count). The highest BCUT2D eigenvalue weighted by Crippen LogP contribution is 2.11. The van der Waals surface area contributed by atoms with Crippen LogP contribution in [0.3, 0.4) is 0 Å². The Kier molecular flexibility index (Phi) is 3.57. The second-order valence-electron chi connectivity index (χ2n) is 3.86. The number of fused-ring (bicyclic) bond motifs is 1. The molecule has 3 N–H and O–H groups in total. The summed E-state index contributed by atoms with van der Waals surface area (Å²) in [5.74, 6) is -0.322. The van der Waals surface area contributed by atoms with E-state index in [1.54, 1.807) is 18.3 Å². The summed E-state index contributed by atoms with van der Waals surface area (Å²) in [6, 6.07) is 5.36. The van der Waals surface area contributed by atoms with Crippen molar-refractivity contribution in [3.05, 3.63) is 30.1 Å². The zero-order valence-electron chi connectivity index (χ0n) is 9.99. The number of carbonyl (C=O) groups is 2. The average Bonchev–Trinajstić information content (AvgIpc) is 2.78. The van der Waals surface area contributed by atoms with Crippen LogP contribution in [0.25, 0.3) is 11.0 Å². The smallest absolute Gasteiger partial charge is 0.267 e. The minimum absolute atomic E-state index is 0.112. The molecule has 0 aromatic carbocycles. The molecule has 94 valence electrons. The molecule has 0 unspecified atom stereocenters. The van der Waals surface area contributed by atoms with Crippen molar-refractivity contribution in [2.75, 3.05) is 13.1 Å². The normalized spacial score (nSPS) is 10.3. The van der Waals surface area contributed by atoms with Crippen molar-refractivity contribution in [1.82, 2.24) is 20.6 Å². The van der Waals surface area contributed by atoms with E-state index in [4.69, 9.17) is 0 Å². The van der Waals surface area contributed by atoms with Gasteiger partial charge in [-0.05, 0) is 18.2 Å². The van der Waals surface area contributed by atoms with Gasteiger partial charge in [0.2, 0.25) is 5.91 Å². The Morgan fingerprint density at radius 3 is 2.83 bits per heavy atom. The molecule has 0 aliphatic carbocycles. The summed E-state index contributed by atoms with van der Waals surface area (Å²) < 4.78 is 0. The van der Waals surface area contributed by atoms with Crippen LogP contribution in [0.5, 0.6) is 0 Å². The van der Waals surface area contributed by atoms with Crippen LogP contribution in [0.4, 0.5) is 0 Å². The van der Waals surface area contributed by atoms with Crippen LogP contribution in [0.15, 0.2) is 24.4 Å². The number of nitrogens with zero attached hydrogens (tertiary/aromatic N) is 1. The lowest BCUT2D eigenvalue weighted by atomic mass is 10.3. The summed E-state index contributed by atoms with van der Waals surface area (Å²) in [7, 11) is 0. The predicted molar refractivity (Wildman–Crippen MR) is 67.1 cm³/mol. The molecule has 0 saturated heterocycles. The first-order chi connectivity index (χ1) is 8.66. The molecule has 0 atom stereocenters. The molecule has 0 spiro atoms. The Hall–Kier alpha value is -2.37. The lowest BCUT2D eigenvalue weighted by molar-refractivity contribution is -0.118. The molecule has 6 nitrogen and oxygen atoms in total. The van der Waals surface area contributed by atoms with Gasteiger partial charge in [-0.1, -0.05) is 0 Å². The number of rotatable bonds is 4. The van der Waals surface area contributed by atoms with Crippen LogP contribution in [0, 0.1) is 0 Å². The van der Waals surface area contributed by atoms with Crippen molar-refractivity contribution in [3.8, 4) is 0 Å². The fraction of sp³-hybridized carbons (Fsp3) is 0.250. The van der Waals surface area contributed by atoms with Gasteiger partial charge in [0, 0.05) is 26.2 Å². The summed E-state index contributed by atoms with van der Waals surface area (Å²) in [6.07, 6.45) is 1.68. The second kappa shape index (κ2) is 5.31. The molecule has 18 heavy (non-hydrogen) atoms. The van der Waals surface area contributed by atoms with Gasteiger partial charge in [0.1, 0.15) is 5.69 Å². The van der Waals surface area contributed by atoms with E-state index in [0.717, 1.165) is 11.0 Å². The average molecular weight is 246 g/mol. The lowest BCUT2D eigenvalue weighted by Gasteiger charge is -2.03. The van der Waals surface area contributed by atoms with Crippen LogP contribution >= 0.6 is 0 Å². The molecule has 0 bridgehead atoms. The number of aromatic amines is 1. The highest BCUT2D eigenvalue weighted by Gasteiger charge is 2.08. The summed E-state index contributed by atoms with van der Waals surface area (Å²) >= 11 is 0. The molecule has 0 fully saturated rings. The van der Waals surface area contributed by atoms with Gasteiger partial charge in [-0.2, -0.15) is 0 Å². The van der Waals surface area contributed by atoms with Gasteiger partial charge in [0.05, 0.1) is 11.0 Å². The minimum Gasteiger partial charge on any atom is -0.355 e. The zero-order valence-corrected chi connectivity index (χ0v) is 9.99. The van der Waals surface area contributed by atoms with Gasteiger partial charge in [0.25, 0.3) is 5.91 Å². The van der Waals surface area contributed by atoms with E-state index in [9.17, 15) is 9.59 Å². The Bertz CT molecular complexity index is 543. The van der Waals surface area contributed by atoms with E-state index >= 15 is 0 Å². The van der Waals surface area contributed by atoms with Crippen LogP contribution in [-0.4, -0.2) is 34.9 Å². The number of hydrogen-bond acceptors (Lipinski definition) is 3. The van der Waals surface area contributed by atoms with Crippen LogP contribution in [-0.2, 0) is 4.79 Å². The van der Waals surface area contributed by atoms with E-state index in [-0.39, 0.29) is 11.8 Å². The number of hydrogen-bond donors (Lipinski definition) is 3. The molecule has 0 radical (unpaired) electrons. The summed E-state index contributed by atoms with van der Waals surface area (Å²) in [5, 5.41) is 5.31. The number of amides is 2. The van der Waals surface area contributed by atoms with Gasteiger partial charge in [-0.25, -0.2) is 0 Å². The number of carbonyl (C=O) groups excluding carboxylic acids is 2. The molecule has 0 saturated carbocycles. The van der Waals surface area contributed by atoms with E-state index in [2.05, 4.69) is 20.6 Å². The largest absolute Gasteiger partial charge is 0.355 e. The Labute approximate surface area is 104 Å². The van der Waals surface area contributed by atoms with Gasteiger partial charge < -0.3 is 15.6 Å². The third-order valence-corrected chi connectivity index (χ3v) is 2.42. The fourth-order valence-corrected chi connectivity index (χ4v) is 1.59. The monoisotopic (exact) mass is 246 g/mol.